The Morgan fingerprint density at radius 2 is 2.00 bits per heavy atom. The fourth-order valence-corrected chi connectivity index (χ4v) is 1.95. The number of thioether (sulfide) groups is 1. The maximum absolute atomic E-state index is 9.45. The van der Waals surface area contributed by atoms with Crippen LogP contribution >= 0.6 is 11.8 Å². The van der Waals surface area contributed by atoms with Gasteiger partial charge in [-0.15, -0.1) is 11.8 Å². The number of phenols is 1. The van der Waals surface area contributed by atoms with Gasteiger partial charge in [0.25, 0.3) is 0 Å². The molecule has 1 aromatic rings. The number of aromatic hydroxyl groups is 1. The average Bonchev–Trinajstić information content (AvgIpc) is 2.08. The summed E-state index contributed by atoms with van der Waals surface area (Å²) in [6.45, 7) is 3.55. The first kappa shape index (κ1) is 10.4. The zero-order chi connectivity index (χ0) is 10.0. The minimum absolute atomic E-state index is 0.244. The van der Waals surface area contributed by atoms with Crippen molar-refractivity contribution in [3.8, 4) is 5.75 Å². The summed E-state index contributed by atoms with van der Waals surface area (Å²) in [5.74, 6) is 0.244. The molecule has 0 aromatic heterocycles. The normalized spacial score (nSPS) is 12.9. The Balaban J connectivity index is 3.25. The van der Waals surface area contributed by atoms with E-state index < -0.39 is 6.10 Å². The molecular weight excluding hydrogens is 184 g/mol. The van der Waals surface area contributed by atoms with Crippen LogP contribution in [0.1, 0.15) is 24.2 Å². The van der Waals surface area contributed by atoms with Crippen LogP contribution in [0.2, 0.25) is 0 Å². The van der Waals surface area contributed by atoms with Crippen molar-refractivity contribution < 1.29 is 10.2 Å². The maximum atomic E-state index is 9.45. The van der Waals surface area contributed by atoms with Gasteiger partial charge in [-0.25, -0.2) is 0 Å². The van der Waals surface area contributed by atoms with Gasteiger partial charge in [0.15, 0.2) is 0 Å². The van der Waals surface area contributed by atoms with E-state index in [9.17, 15) is 10.2 Å². The SMILES string of the molecule is CSc1cc(C)c(O)cc1C(C)O. The lowest BCUT2D eigenvalue weighted by atomic mass is 10.1. The van der Waals surface area contributed by atoms with Gasteiger partial charge in [0, 0.05) is 4.90 Å². The molecule has 0 spiro atoms. The predicted molar refractivity (Wildman–Crippen MR) is 55.3 cm³/mol. The number of benzene rings is 1. The number of hydrogen-bond donors (Lipinski definition) is 2. The summed E-state index contributed by atoms with van der Waals surface area (Å²) < 4.78 is 0. The van der Waals surface area contributed by atoms with Gasteiger partial charge in [-0.2, -0.15) is 0 Å². The van der Waals surface area contributed by atoms with Gasteiger partial charge in [0.05, 0.1) is 6.10 Å². The molecule has 3 heteroatoms. The Labute approximate surface area is 82.6 Å². The largest absolute Gasteiger partial charge is 0.508 e. The molecule has 0 heterocycles. The van der Waals surface area contributed by atoms with Gasteiger partial charge in [-0.05, 0) is 43.4 Å². The Hall–Kier alpha value is -0.670. The zero-order valence-electron chi connectivity index (χ0n) is 8.03. The van der Waals surface area contributed by atoms with Crippen LogP contribution in [-0.2, 0) is 0 Å². The van der Waals surface area contributed by atoms with Crippen LogP contribution in [0.25, 0.3) is 0 Å². The molecule has 0 radical (unpaired) electrons. The minimum atomic E-state index is -0.533. The van der Waals surface area contributed by atoms with Crippen molar-refractivity contribution in [2.24, 2.45) is 0 Å². The van der Waals surface area contributed by atoms with Crippen molar-refractivity contribution in [3.63, 3.8) is 0 Å². The standard InChI is InChI=1S/C10H14O2S/c1-6-4-10(13-3)8(7(2)11)5-9(6)12/h4-5,7,11-12H,1-3H3. The molecule has 72 valence electrons. The second kappa shape index (κ2) is 4.03. The highest BCUT2D eigenvalue weighted by Gasteiger charge is 2.10. The molecular formula is C10H14O2S. The molecule has 0 saturated carbocycles. The summed E-state index contributed by atoms with van der Waals surface area (Å²) in [6, 6.07) is 3.52. The van der Waals surface area contributed by atoms with Crippen molar-refractivity contribution in [3.05, 3.63) is 23.3 Å². The molecule has 0 fully saturated rings. The van der Waals surface area contributed by atoms with Gasteiger partial charge < -0.3 is 10.2 Å². The van der Waals surface area contributed by atoms with Crippen molar-refractivity contribution in [1.82, 2.24) is 0 Å². The van der Waals surface area contributed by atoms with Crippen LogP contribution in [0.4, 0.5) is 0 Å². The van der Waals surface area contributed by atoms with Crippen molar-refractivity contribution in [2.45, 2.75) is 24.8 Å². The van der Waals surface area contributed by atoms with E-state index in [-0.39, 0.29) is 5.75 Å². The van der Waals surface area contributed by atoms with E-state index in [1.165, 1.54) is 0 Å². The fraction of sp³-hybridized carbons (Fsp3) is 0.400. The molecule has 1 rings (SSSR count). The minimum Gasteiger partial charge on any atom is -0.508 e. The van der Waals surface area contributed by atoms with Crippen LogP contribution in [0.3, 0.4) is 0 Å². The summed E-state index contributed by atoms with van der Waals surface area (Å²) >= 11 is 1.58. The summed E-state index contributed by atoms with van der Waals surface area (Å²) in [7, 11) is 0. The van der Waals surface area contributed by atoms with Crippen molar-refractivity contribution in [1.29, 1.82) is 0 Å². The van der Waals surface area contributed by atoms with E-state index in [0.717, 1.165) is 16.0 Å². The first-order chi connectivity index (χ1) is 6.06. The quantitative estimate of drug-likeness (QED) is 0.717. The monoisotopic (exact) mass is 198 g/mol. The molecule has 13 heavy (non-hydrogen) atoms. The van der Waals surface area contributed by atoms with Crippen molar-refractivity contribution in [2.75, 3.05) is 6.26 Å². The van der Waals surface area contributed by atoms with Gasteiger partial charge in [-0.3, -0.25) is 0 Å². The Morgan fingerprint density at radius 1 is 1.38 bits per heavy atom. The third kappa shape index (κ3) is 2.17. The van der Waals surface area contributed by atoms with E-state index in [0.29, 0.717) is 0 Å². The van der Waals surface area contributed by atoms with E-state index in [1.54, 1.807) is 24.8 Å². The highest BCUT2D eigenvalue weighted by molar-refractivity contribution is 7.98. The van der Waals surface area contributed by atoms with Crippen LogP contribution < -0.4 is 0 Å². The van der Waals surface area contributed by atoms with E-state index in [2.05, 4.69) is 0 Å². The number of phenolic OH excluding ortho intramolecular Hbond substituents is 1. The summed E-state index contributed by atoms with van der Waals surface area (Å²) in [4.78, 5) is 1.02. The number of aryl methyl sites for hydroxylation is 1. The van der Waals surface area contributed by atoms with Gasteiger partial charge in [0.2, 0.25) is 0 Å². The molecule has 2 nitrogen and oxygen atoms in total. The lowest BCUT2D eigenvalue weighted by molar-refractivity contribution is 0.196. The van der Waals surface area contributed by atoms with Gasteiger partial charge in [-0.1, -0.05) is 0 Å². The first-order valence-electron chi connectivity index (χ1n) is 4.11. The lowest BCUT2D eigenvalue weighted by Gasteiger charge is -2.12. The number of rotatable bonds is 2. The number of aliphatic hydroxyl groups excluding tert-OH is 1. The summed E-state index contributed by atoms with van der Waals surface area (Å²) in [5, 5.41) is 18.9. The highest BCUT2D eigenvalue weighted by Crippen LogP contribution is 2.31. The molecule has 0 aliphatic rings. The second-order valence-electron chi connectivity index (χ2n) is 3.06. The third-order valence-corrected chi connectivity index (χ3v) is 2.79. The molecule has 1 aromatic carbocycles. The smallest absolute Gasteiger partial charge is 0.118 e. The lowest BCUT2D eigenvalue weighted by Crippen LogP contribution is -1.94. The van der Waals surface area contributed by atoms with Gasteiger partial charge >= 0.3 is 0 Å². The summed E-state index contributed by atoms with van der Waals surface area (Å²) in [6.07, 6.45) is 1.42. The Kier molecular flexibility index (Phi) is 3.22. The first-order valence-corrected chi connectivity index (χ1v) is 5.34. The number of aliphatic hydroxyl groups is 1. The topological polar surface area (TPSA) is 40.5 Å². The predicted octanol–water partition coefficient (Wildman–Crippen LogP) is 2.48. The fourth-order valence-electron chi connectivity index (χ4n) is 1.19. The average molecular weight is 198 g/mol. The van der Waals surface area contributed by atoms with Crippen LogP contribution in [-0.4, -0.2) is 16.5 Å². The Morgan fingerprint density at radius 3 is 2.46 bits per heavy atom. The zero-order valence-corrected chi connectivity index (χ0v) is 8.85. The van der Waals surface area contributed by atoms with Gasteiger partial charge in [0.1, 0.15) is 5.75 Å². The van der Waals surface area contributed by atoms with E-state index >= 15 is 0 Å². The Bertz CT molecular complexity index is 308. The summed E-state index contributed by atoms with van der Waals surface area (Å²) in [5.41, 5.74) is 1.63. The molecule has 1 atom stereocenters. The van der Waals surface area contributed by atoms with Crippen LogP contribution in [0.15, 0.2) is 17.0 Å². The molecule has 0 aliphatic heterocycles. The molecule has 0 amide bonds. The molecule has 1 unspecified atom stereocenters. The van der Waals surface area contributed by atoms with Crippen LogP contribution in [0.5, 0.6) is 5.75 Å². The molecule has 2 N–H and O–H groups in total. The molecule has 0 aliphatic carbocycles. The van der Waals surface area contributed by atoms with Crippen LogP contribution in [0, 0.1) is 6.92 Å². The molecule has 0 saturated heterocycles. The third-order valence-electron chi connectivity index (χ3n) is 2.00. The van der Waals surface area contributed by atoms with Crippen molar-refractivity contribution >= 4 is 11.8 Å². The number of hydrogen-bond acceptors (Lipinski definition) is 3. The second-order valence-corrected chi connectivity index (χ2v) is 3.90. The maximum Gasteiger partial charge on any atom is 0.118 e. The van der Waals surface area contributed by atoms with E-state index in [1.807, 2.05) is 19.2 Å². The van der Waals surface area contributed by atoms with E-state index in [4.69, 9.17) is 0 Å². The highest BCUT2D eigenvalue weighted by atomic mass is 32.2. The molecule has 0 bridgehead atoms.